The third-order valence-electron chi connectivity index (χ3n) is 4.74. The van der Waals surface area contributed by atoms with Gasteiger partial charge in [0.1, 0.15) is 0 Å². The van der Waals surface area contributed by atoms with Crippen molar-refractivity contribution in [2.45, 2.75) is 61.8 Å². The fourth-order valence-corrected chi connectivity index (χ4v) is 4.82. The summed E-state index contributed by atoms with van der Waals surface area (Å²) in [6.45, 7) is 4.61. The molecule has 23 heavy (non-hydrogen) atoms. The molecule has 3 unspecified atom stereocenters. The lowest BCUT2D eigenvalue weighted by Gasteiger charge is -2.28. The number of unbranched alkanes of at least 4 members (excludes halogenated alkanes) is 1. The number of rotatable bonds is 5. The van der Waals surface area contributed by atoms with Crippen LogP contribution in [0.4, 0.5) is 0 Å². The zero-order chi connectivity index (χ0) is 16.1. The van der Waals surface area contributed by atoms with Gasteiger partial charge in [-0.25, -0.2) is 0 Å². The normalized spacial score (nSPS) is 24.0. The van der Waals surface area contributed by atoms with Crippen LogP contribution >= 0.6 is 11.8 Å². The maximum Gasteiger partial charge on any atom is 0.0590 e. The second-order valence-electron chi connectivity index (χ2n) is 6.36. The van der Waals surface area contributed by atoms with Crippen LogP contribution in [-0.4, -0.2) is 11.3 Å². The van der Waals surface area contributed by atoms with Crippen molar-refractivity contribution in [3.05, 3.63) is 65.7 Å². The van der Waals surface area contributed by atoms with E-state index in [1.165, 1.54) is 41.7 Å². The lowest BCUT2D eigenvalue weighted by molar-refractivity contribution is 0.419. The van der Waals surface area contributed by atoms with Crippen molar-refractivity contribution in [3.63, 3.8) is 0 Å². The first-order chi connectivity index (χ1) is 11.3. The molecule has 0 fully saturated rings. The van der Waals surface area contributed by atoms with E-state index in [0.29, 0.717) is 17.3 Å². The molecule has 0 aliphatic carbocycles. The third kappa shape index (κ3) is 3.81. The van der Waals surface area contributed by atoms with Crippen LogP contribution in [0.5, 0.6) is 0 Å². The van der Waals surface area contributed by atoms with Crippen molar-refractivity contribution in [2.75, 3.05) is 0 Å². The Balaban J connectivity index is 1.98. The molecule has 3 rings (SSSR count). The largest absolute Gasteiger partial charge is 0.302 e. The van der Waals surface area contributed by atoms with E-state index in [9.17, 15) is 0 Å². The number of hydrogen-bond donors (Lipinski definition) is 1. The fraction of sp³-hybridized carbons (Fsp3) is 0.429. The van der Waals surface area contributed by atoms with Crippen molar-refractivity contribution < 1.29 is 0 Å². The predicted octanol–water partition coefficient (Wildman–Crippen LogP) is 5.81. The third-order valence-corrected chi connectivity index (χ3v) is 6.33. The average Bonchev–Trinajstić information content (AvgIpc) is 2.77. The van der Waals surface area contributed by atoms with Crippen LogP contribution in [0.1, 0.15) is 56.7 Å². The van der Waals surface area contributed by atoms with E-state index in [1.54, 1.807) is 0 Å². The van der Waals surface area contributed by atoms with Crippen molar-refractivity contribution >= 4 is 11.8 Å². The first kappa shape index (κ1) is 16.6. The molecule has 1 heterocycles. The van der Waals surface area contributed by atoms with Gasteiger partial charge in [-0.2, -0.15) is 0 Å². The van der Waals surface area contributed by atoms with Gasteiger partial charge in [0.25, 0.3) is 0 Å². The Morgan fingerprint density at radius 2 is 1.70 bits per heavy atom. The Bertz CT molecular complexity index is 610. The minimum absolute atomic E-state index is 0.304. The van der Waals surface area contributed by atoms with Gasteiger partial charge in [-0.15, -0.1) is 11.8 Å². The molecule has 1 N–H and O–H groups in total. The van der Waals surface area contributed by atoms with Gasteiger partial charge in [0.15, 0.2) is 0 Å². The van der Waals surface area contributed by atoms with Crippen LogP contribution in [-0.2, 0) is 0 Å². The zero-order valence-corrected chi connectivity index (χ0v) is 15.0. The summed E-state index contributed by atoms with van der Waals surface area (Å²) in [4.78, 5) is 1.44. The molecule has 0 amide bonds. The summed E-state index contributed by atoms with van der Waals surface area (Å²) in [5, 5.41) is 4.65. The second-order valence-corrected chi connectivity index (χ2v) is 7.64. The van der Waals surface area contributed by atoms with Crippen LogP contribution in [0.15, 0.2) is 59.5 Å². The predicted molar refractivity (Wildman–Crippen MR) is 101 cm³/mol. The SMILES string of the molecule is CCCCC1NC(c2ccccc2)c2ccccc2SC1CC. The maximum atomic E-state index is 4.00. The summed E-state index contributed by atoms with van der Waals surface area (Å²) in [6, 6.07) is 20.7. The Kier molecular flexibility index (Phi) is 5.80. The molecule has 0 spiro atoms. The molecule has 0 bridgehead atoms. The topological polar surface area (TPSA) is 12.0 Å². The Labute approximate surface area is 144 Å². The smallest absolute Gasteiger partial charge is 0.0590 e. The van der Waals surface area contributed by atoms with Crippen LogP contribution in [0.25, 0.3) is 0 Å². The number of benzene rings is 2. The van der Waals surface area contributed by atoms with Crippen molar-refractivity contribution in [1.82, 2.24) is 5.32 Å². The summed E-state index contributed by atoms with van der Waals surface area (Å²) < 4.78 is 0. The van der Waals surface area contributed by atoms with Crippen molar-refractivity contribution in [1.29, 1.82) is 0 Å². The van der Waals surface area contributed by atoms with Gasteiger partial charge in [0, 0.05) is 16.2 Å². The molecule has 2 aromatic carbocycles. The summed E-state index contributed by atoms with van der Waals surface area (Å²) in [6.07, 6.45) is 5.04. The monoisotopic (exact) mass is 325 g/mol. The van der Waals surface area contributed by atoms with Gasteiger partial charge in [-0.05, 0) is 30.0 Å². The lowest BCUT2D eigenvalue weighted by atomic mass is 9.95. The first-order valence-electron chi connectivity index (χ1n) is 8.90. The molecule has 0 saturated heterocycles. The van der Waals surface area contributed by atoms with Crippen LogP contribution in [0.2, 0.25) is 0 Å². The van der Waals surface area contributed by atoms with E-state index in [-0.39, 0.29) is 0 Å². The average molecular weight is 326 g/mol. The Morgan fingerprint density at radius 3 is 2.43 bits per heavy atom. The summed E-state index contributed by atoms with van der Waals surface area (Å²) in [5.74, 6) is 0. The fourth-order valence-electron chi connectivity index (χ4n) is 3.47. The number of fused-ring (bicyclic) bond motifs is 1. The molecular weight excluding hydrogens is 298 g/mol. The number of thioether (sulfide) groups is 1. The van der Waals surface area contributed by atoms with Gasteiger partial charge in [-0.1, -0.05) is 75.2 Å². The Morgan fingerprint density at radius 1 is 0.957 bits per heavy atom. The molecule has 122 valence electrons. The molecular formula is C21H27NS. The zero-order valence-electron chi connectivity index (χ0n) is 14.2. The second kappa shape index (κ2) is 8.03. The molecule has 3 atom stereocenters. The van der Waals surface area contributed by atoms with E-state index in [1.807, 2.05) is 0 Å². The van der Waals surface area contributed by atoms with Crippen LogP contribution in [0.3, 0.4) is 0 Å². The molecule has 1 nitrogen and oxygen atoms in total. The minimum Gasteiger partial charge on any atom is -0.302 e. The minimum atomic E-state index is 0.304. The van der Waals surface area contributed by atoms with E-state index in [0.717, 1.165) is 0 Å². The van der Waals surface area contributed by atoms with Gasteiger partial charge >= 0.3 is 0 Å². The first-order valence-corrected chi connectivity index (χ1v) is 9.78. The highest BCUT2D eigenvalue weighted by Crippen LogP contribution is 2.40. The quantitative estimate of drug-likeness (QED) is 0.744. The molecule has 2 aromatic rings. The van der Waals surface area contributed by atoms with Crippen LogP contribution < -0.4 is 5.32 Å². The van der Waals surface area contributed by atoms with E-state index in [2.05, 4.69) is 85.5 Å². The number of hydrogen-bond acceptors (Lipinski definition) is 2. The molecule has 0 radical (unpaired) electrons. The van der Waals surface area contributed by atoms with Gasteiger partial charge in [0.2, 0.25) is 0 Å². The van der Waals surface area contributed by atoms with Crippen molar-refractivity contribution in [3.8, 4) is 0 Å². The highest BCUT2D eigenvalue weighted by molar-refractivity contribution is 8.00. The van der Waals surface area contributed by atoms with Crippen molar-refractivity contribution in [2.24, 2.45) is 0 Å². The van der Waals surface area contributed by atoms with Gasteiger partial charge in [-0.3, -0.25) is 0 Å². The highest BCUT2D eigenvalue weighted by Gasteiger charge is 2.30. The highest BCUT2D eigenvalue weighted by atomic mass is 32.2. The standard InChI is InChI=1S/C21H27NS/c1-3-5-14-18-19(4-2)23-20-15-10-9-13-17(20)21(22-18)16-11-7-6-8-12-16/h6-13,15,18-19,21-22H,3-5,14H2,1-2H3. The molecule has 0 saturated carbocycles. The maximum absolute atomic E-state index is 4.00. The summed E-state index contributed by atoms with van der Waals surface area (Å²) in [5.41, 5.74) is 2.81. The van der Waals surface area contributed by atoms with Gasteiger partial charge < -0.3 is 5.32 Å². The molecule has 2 heteroatoms. The summed E-state index contributed by atoms with van der Waals surface area (Å²) in [7, 11) is 0. The van der Waals surface area contributed by atoms with Gasteiger partial charge in [0.05, 0.1) is 6.04 Å². The van der Waals surface area contributed by atoms with E-state index >= 15 is 0 Å². The Hall–Kier alpha value is -1.25. The van der Waals surface area contributed by atoms with Crippen LogP contribution in [0, 0.1) is 0 Å². The molecule has 1 aliphatic rings. The lowest BCUT2D eigenvalue weighted by Crippen LogP contribution is -2.39. The number of nitrogens with one attached hydrogen (secondary N) is 1. The molecule has 0 aromatic heterocycles. The van der Waals surface area contributed by atoms with E-state index < -0.39 is 0 Å². The summed E-state index contributed by atoms with van der Waals surface area (Å²) >= 11 is 2.07. The molecule has 1 aliphatic heterocycles. The van der Waals surface area contributed by atoms with E-state index in [4.69, 9.17) is 0 Å².